The molecule has 1 unspecified atom stereocenters. The predicted molar refractivity (Wildman–Crippen MR) is 90.5 cm³/mol. The molecule has 1 aromatic rings. The van der Waals surface area contributed by atoms with Crippen molar-refractivity contribution in [3.05, 3.63) is 29.3 Å². The number of nitrogens with zero attached hydrogens (tertiary/aromatic N) is 1. The van der Waals surface area contributed by atoms with Crippen molar-refractivity contribution in [1.82, 2.24) is 4.90 Å². The minimum absolute atomic E-state index is 0. The van der Waals surface area contributed by atoms with Gasteiger partial charge >= 0.3 is 0 Å². The van der Waals surface area contributed by atoms with Crippen molar-refractivity contribution < 1.29 is 4.74 Å². The Balaban J connectivity index is 0.00000161. The standard InChI is InChI=1S/C18H27NO.ClH/c1-14-5-3-6-15(2)18(14)20-13-17-7-4-10-19(12-17)11-16-8-9-16;/h3,5-6,16-17H,4,7-13H2,1-2H3;1H. The first kappa shape index (κ1) is 16.6. The molecule has 1 aromatic carbocycles. The summed E-state index contributed by atoms with van der Waals surface area (Å²) in [6, 6.07) is 6.39. The third kappa shape index (κ3) is 4.62. The van der Waals surface area contributed by atoms with E-state index in [1.807, 2.05) is 0 Å². The molecule has 1 saturated heterocycles. The monoisotopic (exact) mass is 309 g/mol. The Kier molecular flexibility index (Phi) is 5.95. The lowest BCUT2D eigenvalue weighted by Gasteiger charge is -2.32. The van der Waals surface area contributed by atoms with Gasteiger partial charge in [-0.05, 0) is 63.1 Å². The van der Waals surface area contributed by atoms with Gasteiger partial charge in [-0.15, -0.1) is 12.4 Å². The average Bonchev–Trinajstić information content (AvgIpc) is 3.23. The van der Waals surface area contributed by atoms with Gasteiger partial charge in [0, 0.05) is 19.0 Å². The number of benzene rings is 1. The van der Waals surface area contributed by atoms with E-state index in [2.05, 4.69) is 36.9 Å². The SMILES string of the molecule is Cc1cccc(C)c1OCC1CCCN(CC2CC2)C1.Cl. The van der Waals surface area contributed by atoms with Crippen LogP contribution in [0.4, 0.5) is 0 Å². The van der Waals surface area contributed by atoms with E-state index in [9.17, 15) is 0 Å². The Morgan fingerprint density at radius 1 is 1.10 bits per heavy atom. The Morgan fingerprint density at radius 2 is 1.81 bits per heavy atom. The van der Waals surface area contributed by atoms with Crippen molar-refractivity contribution in [3.8, 4) is 5.75 Å². The summed E-state index contributed by atoms with van der Waals surface area (Å²) >= 11 is 0. The first-order valence-electron chi connectivity index (χ1n) is 8.13. The van der Waals surface area contributed by atoms with Crippen molar-refractivity contribution in [2.24, 2.45) is 11.8 Å². The molecular weight excluding hydrogens is 282 g/mol. The maximum Gasteiger partial charge on any atom is 0.125 e. The zero-order valence-electron chi connectivity index (χ0n) is 13.3. The third-order valence-electron chi connectivity index (χ3n) is 4.69. The molecule has 1 aliphatic heterocycles. The van der Waals surface area contributed by atoms with Crippen molar-refractivity contribution >= 4 is 12.4 Å². The van der Waals surface area contributed by atoms with Gasteiger partial charge in [0.1, 0.15) is 5.75 Å². The van der Waals surface area contributed by atoms with E-state index in [-0.39, 0.29) is 12.4 Å². The molecule has 0 N–H and O–H groups in total. The molecule has 1 atom stereocenters. The van der Waals surface area contributed by atoms with E-state index >= 15 is 0 Å². The first-order valence-corrected chi connectivity index (χ1v) is 8.13. The molecule has 1 heterocycles. The quantitative estimate of drug-likeness (QED) is 0.807. The number of hydrogen-bond acceptors (Lipinski definition) is 2. The fourth-order valence-corrected chi connectivity index (χ4v) is 3.35. The molecule has 0 amide bonds. The maximum absolute atomic E-state index is 6.15. The predicted octanol–water partition coefficient (Wildman–Crippen LogP) is 4.23. The molecule has 21 heavy (non-hydrogen) atoms. The highest BCUT2D eigenvalue weighted by molar-refractivity contribution is 5.85. The summed E-state index contributed by atoms with van der Waals surface area (Å²) in [4.78, 5) is 2.67. The highest BCUT2D eigenvalue weighted by Gasteiger charge is 2.27. The van der Waals surface area contributed by atoms with E-state index < -0.39 is 0 Å². The summed E-state index contributed by atoms with van der Waals surface area (Å²) in [6.45, 7) is 9.04. The molecule has 0 aromatic heterocycles. The van der Waals surface area contributed by atoms with Gasteiger partial charge in [0.05, 0.1) is 6.61 Å². The maximum atomic E-state index is 6.15. The van der Waals surface area contributed by atoms with Gasteiger partial charge in [-0.1, -0.05) is 18.2 Å². The number of likely N-dealkylation sites (tertiary alicyclic amines) is 1. The summed E-state index contributed by atoms with van der Waals surface area (Å²) in [7, 11) is 0. The summed E-state index contributed by atoms with van der Waals surface area (Å²) < 4.78 is 6.15. The number of halogens is 1. The minimum Gasteiger partial charge on any atom is -0.493 e. The van der Waals surface area contributed by atoms with Crippen LogP contribution in [0.15, 0.2) is 18.2 Å². The number of aryl methyl sites for hydroxylation is 2. The lowest BCUT2D eigenvalue weighted by molar-refractivity contribution is 0.126. The van der Waals surface area contributed by atoms with Crippen LogP contribution in [0.5, 0.6) is 5.75 Å². The Hall–Kier alpha value is -0.730. The number of piperidine rings is 1. The van der Waals surface area contributed by atoms with Crippen molar-refractivity contribution in [1.29, 1.82) is 0 Å². The minimum atomic E-state index is 0. The van der Waals surface area contributed by atoms with Crippen LogP contribution in [-0.2, 0) is 0 Å². The van der Waals surface area contributed by atoms with Crippen LogP contribution < -0.4 is 4.74 Å². The molecule has 118 valence electrons. The summed E-state index contributed by atoms with van der Waals surface area (Å²) in [5.74, 6) is 2.82. The molecule has 0 bridgehead atoms. The van der Waals surface area contributed by atoms with Crippen LogP contribution >= 0.6 is 12.4 Å². The normalized spacial score (nSPS) is 22.7. The van der Waals surface area contributed by atoms with E-state index in [0.717, 1.165) is 18.3 Å². The van der Waals surface area contributed by atoms with Crippen LogP contribution in [0, 0.1) is 25.7 Å². The fourth-order valence-electron chi connectivity index (χ4n) is 3.35. The zero-order valence-corrected chi connectivity index (χ0v) is 14.1. The highest BCUT2D eigenvalue weighted by Crippen LogP contribution is 2.31. The van der Waals surface area contributed by atoms with Gasteiger partial charge < -0.3 is 9.64 Å². The van der Waals surface area contributed by atoms with Gasteiger partial charge in [0.25, 0.3) is 0 Å². The van der Waals surface area contributed by atoms with Gasteiger partial charge in [0.15, 0.2) is 0 Å². The van der Waals surface area contributed by atoms with Gasteiger partial charge in [0.2, 0.25) is 0 Å². The molecular formula is C18H28ClNO. The number of hydrogen-bond donors (Lipinski definition) is 0. The Bertz CT molecular complexity index is 438. The van der Waals surface area contributed by atoms with Crippen molar-refractivity contribution in [2.45, 2.75) is 39.5 Å². The van der Waals surface area contributed by atoms with Gasteiger partial charge in [-0.2, -0.15) is 0 Å². The third-order valence-corrected chi connectivity index (χ3v) is 4.69. The molecule has 2 fully saturated rings. The second-order valence-electron chi connectivity index (χ2n) is 6.74. The van der Waals surface area contributed by atoms with E-state index in [0.29, 0.717) is 5.92 Å². The van der Waals surface area contributed by atoms with E-state index in [4.69, 9.17) is 4.74 Å². The summed E-state index contributed by atoms with van der Waals surface area (Å²) in [5, 5.41) is 0. The van der Waals surface area contributed by atoms with Crippen LogP contribution in [0.2, 0.25) is 0 Å². The van der Waals surface area contributed by atoms with Crippen molar-refractivity contribution in [2.75, 3.05) is 26.2 Å². The summed E-state index contributed by atoms with van der Waals surface area (Å²) in [6.07, 6.45) is 5.58. The summed E-state index contributed by atoms with van der Waals surface area (Å²) in [5.41, 5.74) is 2.52. The second-order valence-corrected chi connectivity index (χ2v) is 6.74. The molecule has 2 nitrogen and oxygen atoms in total. The molecule has 1 aliphatic carbocycles. The van der Waals surface area contributed by atoms with Crippen LogP contribution in [0.1, 0.15) is 36.8 Å². The van der Waals surface area contributed by atoms with Gasteiger partial charge in [-0.3, -0.25) is 0 Å². The molecule has 2 aliphatic rings. The number of rotatable bonds is 5. The Labute approximate surface area is 135 Å². The van der Waals surface area contributed by atoms with Crippen LogP contribution in [0.3, 0.4) is 0 Å². The first-order chi connectivity index (χ1) is 9.72. The zero-order chi connectivity index (χ0) is 13.9. The second kappa shape index (κ2) is 7.51. The Morgan fingerprint density at radius 3 is 2.48 bits per heavy atom. The smallest absolute Gasteiger partial charge is 0.125 e. The van der Waals surface area contributed by atoms with Crippen molar-refractivity contribution in [3.63, 3.8) is 0 Å². The molecule has 0 spiro atoms. The van der Waals surface area contributed by atoms with Gasteiger partial charge in [-0.25, -0.2) is 0 Å². The largest absolute Gasteiger partial charge is 0.493 e. The number of para-hydroxylation sites is 1. The topological polar surface area (TPSA) is 12.5 Å². The van der Waals surface area contributed by atoms with E-state index in [1.165, 1.54) is 56.4 Å². The van der Waals surface area contributed by atoms with E-state index in [1.54, 1.807) is 0 Å². The molecule has 0 radical (unpaired) electrons. The lowest BCUT2D eigenvalue weighted by atomic mass is 9.98. The average molecular weight is 310 g/mol. The molecule has 3 rings (SSSR count). The van der Waals surface area contributed by atoms with Crippen LogP contribution in [-0.4, -0.2) is 31.1 Å². The lowest BCUT2D eigenvalue weighted by Crippen LogP contribution is -2.38. The van der Waals surface area contributed by atoms with Crippen LogP contribution in [0.25, 0.3) is 0 Å². The highest BCUT2D eigenvalue weighted by atomic mass is 35.5. The fraction of sp³-hybridized carbons (Fsp3) is 0.667. The number of ether oxygens (including phenoxy) is 1. The molecule has 3 heteroatoms. The molecule has 1 saturated carbocycles.